The first-order valence-electron chi connectivity index (χ1n) is 6.53. The largest absolute Gasteiger partial charge is 0.449 e. The molecular weight excluding hydrogens is 296 g/mol. The molecule has 0 spiro atoms. The molecule has 0 fully saturated rings. The molecule has 0 radical (unpaired) electrons. The van der Waals surface area contributed by atoms with E-state index in [4.69, 9.17) is 5.73 Å². The van der Waals surface area contributed by atoms with Gasteiger partial charge in [0.05, 0.1) is 6.61 Å². The average Bonchev–Trinajstić information content (AvgIpc) is 2.44. The highest BCUT2D eigenvalue weighted by molar-refractivity contribution is 7.87. The highest BCUT2D eigenvalue weighted by Crippen LogP contribution is 2.08. The smallest absolute Gasteiger partial charge is 0.421 e. The molecule has 0 aliphatic rings. The molecule has 0 saturated carbocycles. The van der Waals surface area contributed by atoms with Gasteiger partial charge in [-0.2, -0.15) is 12.7 Å². The van der Waals surface area contributed by atoms with Gasteiger partial charge in [-0.15, -0.1) is 0 Å². The summed E-state index contributed by atoms with van der Waals surface area (Å²) >= 11 is 0. The number of amides is 1. The molecule has 1 aromatic rings. The Labute approximate surface area is 124 Å². The second kappa shape index (κ2) is 8.55. The minimum absolute atomic E-state index is 0.0900. The van der Waals surface area contributed by atoms with Crippen LogP contribution in [0.15, 0.2) is 24.5 Å². The molecule has 9 heteroatoms. The average molecular weight is 316 g/mol. The summed E-state index contributed by atoms with van der Waals surface area (Å²) in [5, 5.41) is 0. The quantitative estimate of drug-likeness (QED) is 0.709. The zero-order chi connectivity index (χ0) is 15.7. The van der Waals surface area contributed by atoms with E-state index in [2.05, 4.69) is 9.72 Å². The monoisotopic (exact) mass is 316 g/mol. The standard InChI is InChI=1S/C12H20N4O4S/c1-2-20-12(17)15-21(18,19)16(8-4-6-13)10-11-5-3-7-14-9-11/h3,5,7,9H,2,4,6,8,10,13H2,1H3,(H,15,17). The summed E-state index contributed by atoms with van der Waals surface area (Å²) in [6, 6.07) is 3.46. The minimum Gasteiger partial charge on any atom is -0.449 e. The zero-order valence-electron chi connectivity index (χ0n) is 11.9. The van der Waals surface area contributed by atoms with Gasteiger partial charge < -0.3 is 10.5 Å². The van der Waals surface area contributed by atoms with Crippen LogP contribution in [0.5, 0.6) is 0 Å². The van der Waals surface area contributed by atoms with Gasteiger partial charge in [-0.05, 0) is 31.5 Å². The van der Waals surface area contributed by atoms with E-state index in [1.807, 2.05) is 4.72 Å². The van der Waals surface area contributed by atoms with Gasteiger partial charge in [-0.25, -0.2) is 9.52 Å². The van der Waals surface area contributed by atoms with Crippen LogP contribution in [0.2, 0.25) is 0 Å². The maximum atomic E-state index is 12.2. The number of rotatable bonds is 8. The van der Waals surface area contributed by atoms with Crippen LogP contribution in [0.1, 0.15) is 18.9 Å². The second-order valence-corrected chi connectivity index (χ2v) is 5.84. The van der Waals surface area contributed by atoms with Crippen molar-refractivity contribution in [2.45, 2.75) is 19.9 Å². The molecular formula is C12H20N4O4S. The maximum Gasteiger partial charge on any atom is 0.421 e. The predicted octanol–water partition coefficient (Wildman–Crippen LogP) is 0.223. The lowest BCUT2D eigenvalue weighted by Gasteiger charge is -2.21. The lowest BCUT2D eigenvalue weighted by molar-refractivity contribution is 0.158. The molecule has 118 valence electrons. The van der Waals surface area contributed by atoms with E-state index >= 15 is 0 Å². The summed E-state index contributed by atoms with van der Waals surface area (Å²) in [6.07, 6.45) is 2.64. The van der Waals surface area contributed by atoms with Gasteiger partial charge in [0.1, 0.15) is 0 Å². The summed E-state index contributed by atoms with van der Waals surface area (Å²) in [5.74, 6) is 0. The van der Waals surface area contributed by atoms with Gasteiger partial charge in [-0.1, -0.05) is 6.07 Å². The van der Waals surface area contributed by atoms with Crippen LogP contribution in [0.4, 0.5) is 4.79 Å². The van der Waals surface area contributed by atoms with Gasteiger partial charge in [0.25, 0.3) is 0 Å². The van der Waals surface area contributed by atoms with Gasteiger partial charge >= 0.3 is 16.3 Å². The van der Waals surface area contributed by atoms with Crippen molar-refractivity contribution in [3.05, 3.63) is 30.1 Å². The molecule has 3 N–H and O–H groups in total. The summed E-state index contributed by atoms with van der Waals surface area (Å²) in [7, 11) is -3.99. The Hall–Kier alpha value is -1.71. The van der Waals surface area contributed by atoms with E-state index < -0.39 is 16.3 Å². The first kappa shape index (κ1) is 17.3. The predicted molar refractivity (Wildman–Crippen MR) is 77.4 cm³/mol. The fraction of sp³-hybridized carbons (Fsp3) is 0.500. The summed E-state index contributed by atoms with van der Waals surface area (Å²) in [6.45, 7) is 2.32. The summed E-state index contributed by atoms with van der Waals surface area (Å²) in [4.78, 5) is 15.2. The van der Waals surface area contributed by atoms with Crippen molar-refractivity contribution in [1.29, 1.82) is 0 Å². The van der Waals surface area contributed by atoms with E-state index in [1.165, 1.54) is 0 Å². The number of nitrogens with zero attached hydrogens (tertiary/aromatic N) is 2. The topological polar surface area (TPSA) is 115 Å². The van der Waals surface area contributed by atoms with Gasteiger partial charge in [-0.3, -0.25) is 4.98 Å². The van der Waals surface area contributed by atoms with Crippen molar-refractivity contribution < 1.29 is 17.9 Å². The van der Waals surface area contributed by atoms with Crippen molar-refractivity contribution in [3.8, 4) is 0 Å². The van der Waals surface area contributed by atoms with Crippen molar-refractivity contribution in [3.63, 3.8) is 0 Å². The van der Waals surface area contributed by atoms with Crippen molar-refractivity contribution in [2.24, 2.45) is 5.73 Å². The van der Waals surface area contributed by atoms with Crippen molar-refractivity contribution in [2.75, 3.05) is 19.7 Å². The minimum atomic E-state index is -3.99. The second-order valence-electron chi connectivity index (χ2n) is 4.16. The van der Waals surface area contributed by atoms with E-state index in [-0.39, 0.29) is 19.7 Å². The van der Waals surface area contributed by atoms with Crippen molar-refractivity contribution in [1.82, 2.24) is 14.0 Å². The number of hydrogen-bond donors (Lipinski definition) is 2. The molecule has 0 atom stereocenters. The molecule has 8 nitrogen and oxygen atoms in total. The Morgan fingerprint density at radius 2 is 2.29 bits per heavy atom. The first-order chi connectivity index (χ1) is 9.99. The van der Waals surface area contributed by atoms with Crippen LogP contribution in [-0.4, -0.2) is 43.5 Å². The molecule has 21 heavy (non-hydrogen) atoms. The van der Waals surface area contributed by atoms with Gasteiger partial charge in [0, 0.05) is 25.5 Å². The normalized spacial score (nSPS) is 11.4. The van der Waals surface area contributed by atoms with E-state index in [9.17, 15) is 13.2 Å². The molecule has 0 aromatic carbocycles. The number of carbonyl (C=O) groups excluding carboxylic acids is 1. The lowest BCUT2D eigenvalue weighted by atomic mass is 10.3. The molecule has 1 aromatic heterocycles. The third-order valence-corrected chi connectivity index (χ3v) is 3.94. The van der Waals surface area contributed by atoms with Crippen molar-refractivity contribution >= 4 is 16.3 Å². The highest BCUT2D eigenvalue weighted by atomic mass is 32.2. The number of pyridine rings is 1. The molecule has 1 rings (SSSR count). The van der Waals surface area contributed by atoms with Crippen LogP contribution in [0.25, 0.3) is 0 Å². The number of nitrogens with two attached hydrogens (primary N) is 1. The van der Waals surface area contributed by atoms with Crippen LogP contribution >= 0.6 is 0 Å². The third kappa shape index (κ3) is 6.06. The summed E-state index contributed by atoms with van der Waals surface area (Å²) in [5.41, 5.74) is 6.13. The van der Waals surface area contributed by atoms with E-state index in [1.54, 1.807) is 31.5 Å². The summed E-state index contributed by atoms with van der Waals surface area (Å²) < 4.78 is 31.9. The van der Waals surface area contributed by atoms with Gasteiger partial charge in [0.2, 0.25) is 0 Å². The molecule has 1 amide bonds. The highest BCUT2D eigenvalue weighted by Gasteiger charge is 2.24. The number of hydrogen-bond acceptors (Lipinski definition) is 6. The van der Waals surface area contributed by atoms with Crippen LogP contribution in [0, 0.1) is 0 Å². The van der Waals surface area contributed by atoms with Crippen LogP contribution in [-0.2, 0) is 21.5 Å². The molecule has 0 aliphatic heterocycles. The Balaban J connectivity index is 2.82. The Morgan fingerprint density at radius 1 is 1.52 bits per heavy atom. The molecule has 0 saturated heterocycles. The Kier molecular flexibility index (Phi) is 7.06. The Morgan fingerprint density at radius 3 is 2.86 bits per heavy atom. The number of ether oxygens (including phenoxy) is 1. The SMILES string of the molecule is CCOC(=O)NS(=O)(=O)N(CCCN)Cc1cccnc1. The van der Waals surface area contributed by atoms with E-state index in [0.29, 0.717) is 18.5 Å². The molecule has 0 aliphatic carbocycles. The zero-order valence-corrected chi connectivity index (χ0v) is 12.7. The number of carbonyl (C=O) groups is 1. The molecule has 0 unspecified atom stereocenters. The Bertz CT molecular complexity index is 535. The lowest BCUT2D eigenvalue weighted by Crippen LogP contribution is -2.44. The van der Waals surface area contributed by atoms with Crippen LogP contribution < -0.4 is 10.5 Å². The third-order valence-electron chi connectivity index (χ3n) is 2.52. The number of aromatic nitrogens is 1. The molecule has 1 heterocycles. The maximum absolute atomic E-state index is 12.2. The number of nitrogens with one attached hydrogen (secondary N) is 1. The molecule has 0 bridgehead atoms. The van der Waals surface area contributed by atoms with E-state index in [0.717, 1.165) is 4.31 Å². The van der Waals surface area contributed by atoms with Crippen LogP contribution in [0.3, 0.4) is 0 Å². The fourth-order valence-corrected chi connectivity index (χ4v) is 2.66. The van der Waals surface area contributed by atoms with Gasteiger partial charge in [0.15, 0.2) is 0 Å². The fourth-order valence-electron chi connectivity index (χ4n) is 1.58. The first-order valence-corrected chi connectivity index (χ1v) is 7.97.